The minimum atomic E-state index is -3.28. The lowest BCUT2D eigenvalue weighted by molar-refractivity contribution is 0.321. The Balaban J connectivity index is 1.48. The number of pyridine rings is 1. The van der Waals surface area contributed by atoms with Gasteiger partial charge in [-0.3, -0.25) is 14.6 Å². The second-order valence-electron chi connectivity index (χ2n) is 7.36. The summed E-state index contributed by atoms with van der Waals surface area (Å²) in [4.78, 5) is 7.08. The molecule has 3 aromatic rings. The number of hydrogen-bond donors (Lipinski definition) is 0. The Morgan fingerprint density at radius 2 is 2.04 bits per heavy atom. The Kier molecular flexibility index (Phi) is 3.70. The van der Waals surface area contributed by atoms with Crippen LogP contribution in [0.4, 0.5) is 0 Å². The van der Waals surface area contributed by atoms with Gasteiger partial charge in [-0.1, -0.05) is 12.1 Å². The summed E-state index contributed by atoms with van der Waals surface area (Å²) in [6.07, 6.45) is 5.54. The number of sulfone groups is 1. The lowest BCUT2D eigenvalue weighted by Gasteiger charge is -2.17. The van der Waals surface area contributed by atoms with Crippen molar-refractivity contribution in [2.75, 3.05) is 13.1 Å². The van der Waals surface area contributed by atoms with Gasteiger partial charge < -0.3 is 0 Å². The molecule has 0 aliphatic carbocycles. The molecule has 5 rings (SSSR count). The van der Waals surface area contributed by atoms with Crippen molar-refractivity contribution in [3.05, 3.63) is 66.2 Å². The van der Waals surface area contributed by atoms with Crippen molar-refractivity contribution in [2.45, 2.75) is 22.6 Å². The molecule has 1 saturated heterocycles. The number of aryl methyl sites for hydroxylation is 1. The molecule has 6 nitrogen and oxygen atoms in total. The first-order valence-electron chi connectivity index (χ1n) is 9.01. The zero-order chi connectivity index (χ0) is 18.6. The topological polar surface area (TPSA) is 68.1 Å². The van der Waals surface area contributed by atoms with E-state index in [1.165, 1.54) is 0 Å². The van der Waals surface area contributed by atoms with Crippen LogP contribution >= 0.6 is 0 Å². The zero-order valence-corrected chi connectivity index (χ0v) is 15.8. The zero-order valence-electron chi connectivity index (χ0n) is 15.0. The molecule has 0 radical (unpaired) electrons. The quantitative estimate of drug-likeness (QED) is 0.697. The summed E-state index contributed by atoms with van der Waals surface area (Å²) < 4.78 is 27.9. The fourth-order valence-electron chi connectivity index (χ4n) is 4.33. The van der Waals surface area contributed by atoms with E-state index in [-0.39, 0.29) is 11.2 Å². The largest absolute Gasteiger partial charge is 0.296 e. The van der Waals surface area contributed by atoms with Crippen LogP contribution in [0.15, 0.2) is 59.9 Å². The van der Waals surface area contributed by atoms with E-state index < -0.39 is 9.84 Å². The Morgan fingerprint density at radius 3 is 2.78 bits per heavy atom. The van der Waals surface area contributed by atoms with Gasteiger partial charge in [-0.15, -0.1) is 0 Å². The maximum atomic E-state index is 13.1. The van der Waals surface area contributed by atoms with Gasteiger partial charge in [-0.05, 0) is 35.4 Å². The highest BCUT2D eigenvalue weighted by Crippen LogP contribution is 2.46. The average Bonchev–Trinajstić information content (AvgIpc) is 3.33. The minimum absolute atomic E-state index is 0.0188. The van der Waals surface area contributed by atoms with Crippen LogP contribution in [-0.2, 0) is 23.4 Å². The van der Waals surface area contributed by atoms with E-state index in [1.807, 2.05) is 49.8 Å². The summed E-state index contributed by atoms with van der Waals surface area (Å²) in [6.45, 7) is 1.98. The Hall–Kier alpha value is -2.51. The maximum Gasteiger partial charge on any atom is 0.183 e. The molecule has 0 unspecified atom stereocenters. The van der Waals surface area contributed by atoms with Crippen molar-refractivity contribution in [1.29, 1.82) is 0 Å². The van der Waals surface area contributed by atoms with Crippen LogP contribution in [0.5, 0.6) is 0 Å². The molecule has 0 bridgehead atoms. The van der Waals surface area contributed by atoms with Crippen molar-refractivity contribution < 1.29 is 8.42 Å². The molecule has 1 fully saturated rings. The highest BCUT2D eigenvalue weighted by molar-refractivity contribution is 7.92. The van der Waals surface area contributed by atoms with E-state index >= 15 is 0 Å². The van der Waals surface area contributed by atoms with Gasteiger partial charge in [0.2, 0.25) is 0 Å². The van der Waals surface area contributed by atoms with E-state index in [2.05, 4.69) is 15.0 Å². The average molecular weight is 380 g/mol. The van der Waals surface area contributed by atoms with Gasteiger partial charge in [0, 0.05) is 50.6 Å². The minimum Gasteiger partial charge on any atom is -0.296 e. The summed E-state index contributed by atoms with van der Waals surface area (Å²) in [5.41, 5.74) is 3.94. The fraction of sp³-hybridized carbons (Fsp3) is 0.300. The summed E-state index contributed by atoms with van der Waals surface area (Å²) in [7, 11) is -1.41. The van der Waals surface area contributed by atoms with Gasteiger partial charge in [-0.25, -0.2) is 8.42 Å². The summed E-state index contributed by atoms with van der Waals surface area (Å²) in [5.74, 6) is 0.0188. The van der Waals surface area contributed by atoms with E-state index in [0.29, 0.717) is 18.0 Å². The molecule has 0 amide bonds. The Morgan fingerprint density at radius 1 is 1.15 bits per heavy atom. The van der Waals surface area contributed by atoms with Gasteiger partial charge in [0.1, 0.15) is 0 Å². The van der Waals surface area contributed by atoms with Crippen LogP contribution in [0.3, 0.4) is 0 Å². The SMILES string of the molecule is Cn1cc(-c2ccc3c(c2)[C@H]2CN(Cc4ccccn4)C[C@H]2S3(=O)=O)cn1. The molecule has 27 heavy (non-hydrogen) atoms. The number of aromatic nitrogens is 3. The molecule has 0 N–H and O–H groups in total. The molecule has 1 aromatic carbocycles. The number of nitrogens with zero attached hydrogens (tertiary/aromatic N) is 4. The number of hydrogen-bond acceptors (Lipinski definition) is 5. The number of rotatable bonds is 3. The normalized spacial score (nSPS) is 23.3. The lowest BCUT2D eigenvalue weighted by Crippen LogP contribution is -2.26. The van der Waals surface area contributed by atoms with Gasteiger partial charge in [0.15, 0.2) is 9.84 Å². The second-order valence-corrected chi connectivity index (χ2v) is 9.50. The third kappa shape index (κ3) is 2.69. The summed E-state index contributed by atoms with van der Waals surface area (Å²) in [5, 5.41) is 3.86. The smallest absolute Gasteiger partial charge is 0.183 e. The molecule has 2 aliphatic rings. The van der Waals surface area contributed by atoms with E-state index in [1.54, 1.807) is 16.9 Å². The molecule has 138 valence electrons. The van der Waals surface area contributed by atoms with Crippen molar-refractivity contribution >= 4 is 9.84 Å². The van der Waals surface area contributed by atoms with Gasteiger partial charge in [0.25, 0.3) is 0 Å². The standard InChI is InChI=1S/C20H20N4O2S/c1-23-10-15(9-22-23)14-5-6-19-17(8-14)18-12-24(13-20(18)27(19,25)26)11-16-4-2-3-7-21-16/h2-10,18,20H,11-13H2,1H3/t18-,20-/m1/s1. The van der Waals surface area contributed by atoms with Gasteiger partial charge >= 0.3 is 0 Å². The molecular formula is C20H20N4O2S. The first kappa shape index (κ1) is 16.6. The predicted molar refractivity (Wildman–Crippen MR) is 102 cm³/mol. The molecule has 2 aromatic heterocycles. The highest BCUT2D eigenvalue weighted by Gasteiger charge is 2.50. The van der Waals surface area contributed by atoms with Crippen LogP contribution in [0, 0.1) is 0 Å². The van der Waals surface area contributed by atoms with Crippen molar-refractivity contribution in [1.82, 2.24) is 19.7 Å². The monoisotopic (exact) mass is 380 g/mol. The predicted octanol–water partition coefficient (Wildman–Crippen LogP) is 2.24. The summed E-state index contributed by atoms with van der Waals surface area (Å²) in [6, 6.07) is 11.5. The van der Waals surface area contributed by atoms with E-state index in [4.69, 9.17) is 0 Å². The lowest BCUT2D eigenvalue weighted by atomic mass is 9.95. The second kappa shape index (κ2) is 6.00. The first-order valence-corrected chi connectivity index (χ1v) is 10.6. The van der Waals surface area contributed by atoms with E-state index in [9.17, 15) is 8.42 Å². The molecule has 0 saturated carbocycles. The van der Waals surface area contributed by atoms with Crippen LogP contribution in [0.2, 0.25) is 0 Å². The molecule has 0 spiro atoms. The van der Waals surface area contributed by atoms with Crippen LogP contribution < -0.4 is 0 Å². The van der Waals surface area contributed by atoms with Crippen molar-refractivity contribution in [2.24, 2.45) is 7.05 Å². The fourth-order valence-corrected chi connectivity index (χ4v) is 6.52. The van der Waals surface area contributed by atoms with Crippen LogP contribution in [0.25, 0.3) is 11.1 Å². The number of likely N-dealkylation sites (tertiary alicyclic amines) is 1. The number of fused-ring (bicyclic) bond motifs is 3. The third-order valence-corrected chi connectivity index (χ3v) is 7.87. The highest BCUT2D eigenvalue weighted by atomic mass is 32.2. The van der Waals surface area contributed by atoms with Gasteiger partial charge in [0.05, 0.1) is 22.0 Å². The molecule has 7 heteroatoms. The maximum absolute atomic E-state index is 13.1. The van der Waals surface area contributed by atoms with Gasteiger partial charge in [-0.2, -0.15) is 5.10 Å². The van der Waals surface area contributed by atoms with Crippen molar-refractivity contribution in [3.8, 4) is 11.1 Å². The molecule has 2 atom stereocenters. The van der Waals surface area contributed by atoms with Crippen LogP contribution in [-0.4, -0.2) is 46.4 Å². The van der Waals surface area contributed by atoms with Crippen LogP contribution in [0.1, 0.15) is 17.2 Å². The first-order chi connectivity index (χ1) is 13.0. The number of benzene rings is 1. The summed E-state index contributed by atoms with van der Waals surface area (Å²) >= 11 is 0. The Bertz CT molecular complexity index is 1110. The molecule has 2 aliphatic heterocycles. The third-order valence-electron chi connectivity index (χ3n) is 5.61. The Labute approximate surface area is 158 Å². The van der Waals surface area contributed by atoms with E-state index in [0.717, 1.165) is 28.9 Å². The van der Waals surface area contributed by atoms with Crippen molar-refractivity contribution in [3.63, 3.8) is 0 Å². The molecular weight excluding hydrogens is 360 g/mol. The molecule has 4 heterocycles.